The van der Waals surface area contributed by atoms with Crippen LogP contribution in [0.15, 0.2) is 22.7 Å². The lowest BCUT2D eigenvalue weighted by molar-refractivity contribution is 0.555. The number of hydrogen-bond acceptors (Lipinski definition) is 3. The highest BCUT2D eigenvalue weighted by molar-refractivity contribution is 9.10. The number of rotatable bonds is 5. The van der Waals surface area contributed by atoms with E-state index in [1.54, 1.807) is 16.8 Å². The van der Waals surface area contributed by atoms with Crippen molar-refractivity contribution in [2.45, 2.75) is 33.2 Å². The summed E-state index contributed by atoms with van der Waals surface area (Å²) >= 11 is 3.25. The average molecular weight is 341 g/mol. The number of hydrogen-bond donors (Lipinski definition) is 1. The SMILES string of the molecule is CCCNC(C)c1nnn(-c2ccc(Br)cc2F)c1C. The molecule has 0 saturated heterocycles. The molecule has 1 heterocycles. The van der Waals surface area contributed by atoms with Crippen LogP contribution in [0.4, 0.5) is 4.39 Å². The van der Waals surface area contributed by atoms with Gasteiger partial charge in [-0.2, -0.15) is 0 Å². The van der Waals surface area contributed by atoms with Crippen LogP contribution in [0.3, 0.4) is 0 Å². The second kappa shape index (κ2) is 6.45. The first kappa shape index (κ1) is 15.1. The predicted octanol–water partition coefficient (Wildman–Crippen LogP) is 3.54. The summed E-state index contributed by atoms with van der Waals surface area (Å²) < 4.78 is 16.2. The van der Waals surface area contributed by atoms with Gasteiger partial charge >= 0.3 is 0 Å². The van der Waals surface area contributed by atoms with Crippen molar-refractivity contribution >= 4 is 15.9 Å². The van der Waals surface area contributed by atoms with Gasteiger partial charge < -0.3 is 5.32 Å². The molecule has 0 aliphatic rings. The van der Waals surface area contributed by atoms with Gasteiger partial charge in [0.1, 0.15) is 17.2 Å². The molecule has 4 nitrogen and oxygen atoms in total. The molecule has 0 aliphatic heterocycles. The third kappa shape index (κ3) is 3.07. The molecule has 0 aliphatic carbocycles. The lowest BCUT2D eigenvalue weighted by Gasteiger charge is -2.11. The van der Waals surface area contributed by atoms with Gasteiger partial charge in [0.2, 0.25) is 0 Å². The van der Waals surface area contributed by atoms with Crippen LogP contribution in [0.25, 0.3) is 5.69 Å². The third-order valence-electron chi connectivity index (χ3n) is 3.18. The fraction of sp³-hybridized carbons (Fsp3) is 0.429. The standard InChI is InChI=1S/C14H18BrFN4/c1-4-7-17-9(2)14-10(3)20(19-18-14)13-6-5-11(15)8-12(13)16/h5-6,8-9,17H,4,7H2,1-3H3. The average Bonchev–Trinajstić information content (AvgIpc) is 2.78. The van der Waals surface area contributed by atoms with Gasteiger partial charge in [-0.1, -0.05) is 28.1 Å². The fourth-order valence-electron chi connectivity index (χ4n) is 2.08. The van der Waals surface area contributed by atoms with Gasteiger partial charge in [0.15, 0.2) is 0 Å². The Morgan fingerprint density at radius 2 is 2.20 bits per heavy atom. The van der Waals surface area contributed by atoms with Crippen LogP contribution in [-0.4, -0.2) is 21.5 Å². The lowest BCUT2D eigenvalue weighted by Crippen LogP contribution is -2.20. The number of benzene rings is 1. The molecule has 2 aromatic rings. The zero-order valence-corrected chi connectivity index (χ0v) is 13.4. The summed E-state index contributed by atoms with van der Waals surface area (Å²) in [4.78, 5) is 0. The van der Waals surface area contributed by atoms with Crippen molar-refractivity contribution in [1.29, 1.82) is 0 Å². The molecule has 108 valence electrons. The molecule has 1 N–H and O–H groups in total. The maximum absolute atomic E-state index is 14.0. The summed E-state index contributed by atoms with van der Waals surface area (Å²) in [7, 11) is 0. The van der Waals surface area contributed by atoms with Crippen molar-refractivity contribution in [3.63, 3.8) is 0 Å². The van der Waals surface area contributed by atoms with Gasteiger partial charge in [0, 0.05) is 4.47 Å². The Kier molecular flexibility index (Phi) is 4.88. The van der Waals surface area contributed by atoms with Crippen molar-refractivity contribution in [2.24, 2.45) is 0 Å². The van der Waals surface area contributed by atoms with Gasteiger partial charge in [-0.25, -0.2) is 9.07 Å². The molecule has 0 fully saturated rings. The first-order valence-electron chi connectivity index (χ1n) is 6.65. The molecular weight excluding hydrogens is 323 g/mol. The molecule has 1 aromatic heterocycles. The highest BCUT2D eigenvalue weighted by Gasteiger charge is 2.17. The second-order valence-electron chi connectivity index (χ2n) is 4.74. The zero-order chi connectivity index (χ0) is 14.7. The minimum Gasteiger partial charge on any atom is -0.309 e. The maximum atomic E-state index is 14.0. The van der Waals surface area contributed by atoms with E-state index in [-0.39, 0.29) is 11.9 Å². The minimum atomic E-state index is -0.326. The Labute approximate surface area is 126 Å². The predicted molar refractivity (Wildman–Crippen MR) is 80.5 cm³/mol. The van der Waals surface area contributed by atoms with Crippen molar-refractivity contribution in [3.8, 4) is 5.69 Å². The largest absolute Gasteiger partial charge is 0.309 e. The number of nitrogens with zero attached hydrogens (tertiary/aromatic N) is 3. The van der Waals surface area contributed by atoms with E-state index in [4.69, 9.17) is 0 Å². The van der Waals surface area contributed by atoms with Crippen LogP contribution in [0.1, 0.15) is 37.7 Å². The van der Waals surface area contributed by atoms with Crippen molar-refractivity contribution in [1.82, 2.24) is 20.3 Å². The zero-order valence-electron chi connectivity index (χ0n) is 11.8. The molecule has 1 unspecified atom stereocenters. The molecule has 2 rings (SSSR count). The third-order valence-corrected chi connectivity index (χ3v) is 3.67. The van der Waals surface area contributed by atoms with E-state index in [2.05, 4.69) is 38.5 Å². The van der Waals surface area contributed by atoms with E-state index >= 15 is 0 Å². The smallest absolute Gasteiger partial charge is 0.150 e. The van der Waals surface area contributed by atoms with E-state index in [0.717, 1.165) is 24.4 Å². The fourth-order valence-corrected chi connectivity index (χ4v) is 2.41. The molecule has 0 amide bonds. The summed E-state index contributed by atoms with van der Waals surface area (Å²) in [5, 5.41) is 11.6. The molecule has 6 heteroatoms. The van der Waals surface area contributed by atoms with E-state index in [1.165, 1.54) is 6.07 Å². The Morgan fingerprint density at radius 1 is 1.45 bits per heavy atom. The highest BCUT2D eigenvalue weighted by Crippen LogP contribution is 2.22. The molecule has 20 heavy (non-hydrogen) atoms. The van der Waals surface area contributed by atoms with Gasteiger partial charge in [0.25, 0.3) is 0 Å². The summed E-state index contributed by atoms with van der Waals surface area (Å²) in [6.45, 7) is 6.97. The van der Waals surface area contributed by atoms with Crippen LogP contribution >= 0.6 is 15.9 Å². The Hall–Kier alpha value is -1.27. The monoisotopic (exact) mass is 340 g/mol. The maximum Gasteiger partial charge on any atom is 0.150 e. The van der Waals surface area contributed by atoms with Crippen molar-refractivity contribution in [2.75, 3.05) is 6.54 Å². The van der Waals surface area contributed by atoms with E-state index in [9.17, 15) is 4.39 Å². The molecule has 1 aromatic carbocycles. The van der Waals surface area contributed by atoms with Crippen LogP contribution in [0.5, 0.6) is 0 Å². The highest BCUT2D eigenvalue weighted by atomic mass is 79.9. The van der Waals surface area contributed by atoms with Crippen LogP contribution in [0.2, 0.25) is 0 Å². The van der Waals surface area contributed by atoms with Crippen molar-refractivity contribution < 1.29 is 4.39 Å². The summed E-state index contributed by atoms with van der Waals surface area (Å²) in [5.74, 6) is -0.326. The van der Waals surface area contributed by atoms with Gasteiger partial charge in [-0.15, -0.1) is 5.10 Å². The van der Waals surface area contributed by atoms with E-state index in [1.807, 2.05) is 13.8 Å². The molecular formula is C14H18BrFN4. The van der Waals surface area contributed by atoms with E-state index < -0.39 is 0 Å². The van der Waals surface area contributed by atoms with E-state index in [0.29, 0.717) is 10.2 Å². The topological polar surface area (TPSA) is 42.7 Å². The molecule has 1 atom stereocenters. The molecule has 0 bridgehead atoms. The Morgan fingerprint density at radius 3 is 2.85 bits per heavy atom. The summed E-state index contributed by atoms with van der Waals surface area (Å²) in [6.07, 6.45) is 1.05. The quantitative estimate of drug-likeness (QED) is 0.905. The normalized spacial score (nSPS) is 12.7. The first-order valence-corrected chi connectivity index (χ1v) is 7.45. The number of halogens is 2. The van der Waals surface area contributed by atoms with Crippen LogP contribution in [-0.2, 0) is 0 Å². The van der Waals surface area contributed by atoms with Gasteiger partial charge in [0.05, 0.1) is 11.7 Å². The minimum absolute atomic E-state index is 0.0993. The molecule has 0 spiro atoms. The Balaban J connectivity index is 2.33. The molecule has 0 saturated carbocycles. The number of aromatic nitrogens is 3. The summed E-state index contributed by atoms with van der Waals surface area (Å²) in [5.41, 5.74) is 2.11. The number of nitrogens with one attached hydrogen (secondary N) is 1. The summed E-state index contributed by atoms with van der Waals surface area (Å²) in [6, 6.07) is 5.00. The van der Waals surface area contributed by atoms with Crippen LogP contribution in [0, 0.1) is 12.7 Å². The first-order chi connectivity index (χ1) is 9.54. The van der Waals surface area contributed by atoms with Crippen molar-refractivity contribution in [3.05, 3.63) is 39.9 Å². The van der Waals surface area contributed by atoms with Gasteiger partial charge in [-0.3, -0.25) is 0 Å². The molecule has 0 radical (unpaired) electrons. The Bertz CT molecular complexity index is 597. The second-order valence-corrected chi connectivity index (χ2v) is 5.66. The van der Waals surface area contributed by atoms with Gasteiger partial charge in [-0.05, 0) is 45.0 Å². The lowest BCUT2D eigenvalue weighted by atomic mass is 10.2. The van der Waals surface area contributed by atoms with Crippen LogP contribution < -0.4 is 5.32 Å².